The van der Waals surface area contributed by atoms with Gasteiger partial charge in [-0.05, 0) is 13.3 Å². The highest BCUT2D eigenvalue weighted by Gasteiger charge is 2.31. The Kier molecular flexibility index (Phi) is 9.09. The number of aliphatic carboxylic acids is 3. The smallest absolute Gasteiger partial charge is 0.326 e. The summed E-state index contributed by atoms with van der Waals surface area (Å²) in [4.78, 5) is 55.9. The Morgan fingerprint density at radius 2 is 1.52 bits per heavy atom. The molecule has 4 atom stereocenters. The summed E-state index contributed by atoms with van der Waals surface area (Å²) in [5, 5.41) is 39.7. The molecule has 0 rings (SSSR count). The summed E-state index contributed by atoms with van der Waals surface area (Å²) in [6, 6.07) is -4.62. The van der Waals surface area contributed by atoms with Crippen LogP contribution in [0.1, 0.15) is 26.2 Å². The second-order valence-corrected chi connectivity index (χ2v) is 5.26. The number of aliphatic hydroxyl groups is 1. The molecule has 0 aliphatic heterocycles. The van der Waals surface area contributed by atoms with E-state index < -0.39 is 73.2 Å². The quantitative estimate of drug-likeness (QED) is 0.198. The van der Waals surface area contributed by atoms with Gasteiger partial charge < -0.3 is 36.8 Å². The van der Waals surface area contributed by atoms with E-state index in [0.717, 1.165) is 6.92 Å². The van der Waals surface area contributed by atoms with Gasteiger partial charge in [0.2, 0.25) is 11.8 Å². The van der Waals surface area contributed by atoms with E-state index in [9.17, 15) is 29.1 Å². The average Bonchev–Trinajstić information content (AvgIpc) is 2.46. The minimum atomic E-state index is -1.60. The van der Waals surface area contributed by atoms with E-state index in [1.807, 2.05) is 10.6 Å². The fraction of sp³-hybridized carbons (Fsp3) is 0.615. The molecular formula is C13H21N3O9. The minimum absolute atomic E-state index is 0.407. The summed E-state index contributed by atoms with van der Waals surface area (Å²) < 4.78 is 0. The number of amides is 2. The SMILES string of the molecule is CC(O)C(NC(=O)C(N)CC(=O)O)C(=O)NC(CCC(=O)O)C(=O)O. The highest BCUT2D eigenvalue weighted by molar-refractivity contribution is 5.93. The molecule has 0 fully saturated rings. The topological polar surface area (TPSA) is 216 Å². The fourth-order valence-corrected chi connectivity index (χ4v) is 1.73. The van der Waals surface area contributed by atoms with Crippen molar-refractivity contribution >= 4 is 29.7 Å². The van der Waals surface area contributed by atoms with Crippen molar-refractivity contribution in [1.29, 1.82) is 0 Å². The minimum Gasteiger partial charge on any atom is -0.481 e. The van der Waals surface area contributed by atoms with Crippen LogP contribution in [0.2, 0.25) is 0 Å². The van der Waals surface area contributed by atoms with Crippen LogP contribution in [0.25, 0.3) is 0 Å². The van der Waals surface area contributed by atoms with Gasteiger partial charge in [-0.2, -0.15) is 0 Å². The van der Waals surface area contributed by atoms with Crippen LogP contribution in [0.15, 0.2) is 0 Å². The van der Waals surface area contributed by atoms with E-state index in [4.69, 9.17) is 21.1 Å². The third-order valence-corrected chi connectivity index (χ3v) is 3.06. The van der Waals surface area contributed by atoms with Crippen molar-refractivity contribution < 1.29 is 44.4 Å². The Hall–Kier alpha value is -2.73. The van der Waals surface area contributed by atoms with E-state index in [1.54, 1.807) is 0 Å². The Morgan fingerprint density at radius 1 is 0.960 bits per heavy atom. The molecule has 8 N–H and O–H groups in total. The van der Waals surface area contributed by atoms with Gasteiger partial charge in [0.15, 0.2) is 0 Å². The van der Waals surface area contributed by atoms with Crippen LogP contribution in [0.4, 0.5) is 0 Å². The molecule has 0 saturated heterocycles. The molecule has 0 aliphatic rings. The van der Waals surface area contributed by atoms with Gasteiger partial charge in [-0.15, -0.1) is 0 Å². The molecule has 0 aromatic rings. The van der Waals surface area contributed by atoms with Crippen LogP contribution in [0.5, 0.6) is 0 Å². The Morgan fingerprint density at radius 3 is 1.92 bits per heavy atom. The van der Waals surface area contributed by atoms with Crippen LogP contribution in [-0.2, 0) is 24.0 Å². The molecule has 25 heavy (non-hydrogen) atoms. The molecule has 0 saturated carbocycles. The lowest BCUT2D eigenvalue weighted by Gasteiger charge is -2.24. The van der Waals surface area contributed by atoms with Crippen LogP contribution >= 0.6 is 0 Å². The molecule has 4 unspecified atom stereocenters. The van der Waals surface area contributed by atoms with E-state index in [-0.39, 0.29) is 0 Å². The van der Waals surface area contributed by atoms with E-state index >= 15 is 0 Å². The van der Waals surface area contributed by atoms with Gasteiger partial charge >= 0.3 is 17.9 Å². The summed E-state index contributed by atoms with van der Waals surface area (Å²) in [5.74, 6) is -6.21. The van der Waals surface area contributed by atoms with Gasteiger partial charge in [-0.3, -0.25) is 19.2 Å². The molecule has 0 spiro atoms. The molecule has 0 aromatic heterocycles. The van der Waals surface area contributed by atoms with Gasteiger partial charge in [0.1, 0.15) is 12.1 Å². The third kappa shape index (κ3) is 8.62. The zero-order chi connectivity index (χ0) is 19.7. The molecule has 0 heterocycles. The Balaban J connectivity index is 4.97. The summed E-state index contributed by atoms with van der Waals surface area (Å²) in [5.41, 5.74) is 5.33. The second-order valence-electron chi connectivity index (χ2n) is 5.26. The van der Waals surface area contributed by atoms with Crippen molar-refractivity contribution in [3.05, 3.63) is 0 Å². The molecule has 12 nitrogen and oxygen atoms in total. The maximum absolute atomic E-state index is 12.1. The number of carbonyl (C=O) groups is 5. The fourth-order valence-electron chi connectivity index (χ4n) is 1.73. The second kappa shape index (κ2) is 10.2. The standard InChI is InChI=1S/C13H21N3O9/c1-5(17)10(16-11(22)6(14)4-9(20)21)12(23)15-7(13(24)25)2-3-8(18)19/h5-7,10,17H,2-4,14H2,1H3,(H,15,23)(H,16,22)(H,18,19)(H,20,21)(H,24,25). The van der Waals surface area contributed by atoms with Crippen LogP contribution in [-0.4, -0.2) is 74.4 Å². The number of rotatable bonds is 11. The lowest BCUT2D eigenvalue weighted by atomic mass is 10.1. The molecule has 0 radical (unpaired) electrons. The van der Waals surface area contributed by atoms with Crippen LogP contribution in [0.3, 0.4) is 0 Å². The first-order valence-electron chi connectivity index (χ1n) is 7.16. The zero-order valence-corrected chi connectivity index (χ0v) is 13.3. The normalized spacial score (nSPS) is 15.3. The lowest BCUT2D eigenvalue weighted by molar-refractivity contribution is -0.144. The number of nitrogens with two attached hydrogens (primary N) is 1. The number of carbonyl (C=O) groups excluding carboxylic acids is 2. The number of carboxylic acid groups (broad SMARTS) is 3. The third-order valence-electron chi connectivity index (χ3n) is 3.06. The summed E-state index contributed by atoms with van der Waals surface area (Å²) in [6.45, 7) is 1.14. The number of nitrogens with one attached hydrogen (secondary N) is 2. The number of aliphatic hydroxyl groups excluding tert-OH is 1. The van der Waals surface area contributed by atoms with Crippen molar-refractivity contribution in [1.82, 2.24) is 10.6 Å². The van der Waals surface area contributed by atoms with Crippen LogP contribution in [0, 0.1) is 0 Å². The van der Waals surface area contributed by atoms with Crippen LogP contribution < -0.4 is 16.4 Å². The Labute approximate surface area is 142 Å². The summed E-state index contributed by atoms with van der Waals surface area (Å²) in [6.07, 6.45) is -3.09. The van der Waals surface area contributed by atoms with E-state index in [2.05, 4.69) is 0 Å². The predicted octanol–water partition coefficient (Wildman–Crippen LogP) is -2.91. The van der Waals surface area contributed by atoms with Crippen molar-refractivity contribution in [2.75, 3.05) is 0 Å². The maximum Gasteiger partial charge on any atom is 0.326 e. The molecule has 0 aliphatic carbocycles. The van der Waals surface area contributed by atoms with Crippen molar-refractivity contribution in [2.24, 2.45) is 5.73 Å². The summed E-state index contributed by atoms with van der Waals surface area (Å²) in [7, 11) is 0. The highest BCUT2D eigenvalue weighted by Crippen LogP contribution is 2.02. The van der Waals surface area contributed by atoms with Gasteiger partial charge in [0.05, 0.1) is 18.6 Å². The molecule has 12 heteroatoms. The van der Waals surface area contributed by atoms with E-state index in [0.29, 0.717) is 0 Å². The van der Waals surface area contributed by atoms with Crippen molar-refractivity contribution in [3.63, 3.8) is 0 Å². The monoisotopic (exact) mass is 363 g/mol. The largest absolute Gasteiger partial charge is 0.481 e. The lowest BCUT2D eigenvalue weighted by Crippen LogP contribution is -2.58. The van der Waals surface area contributed by atoms with Gasteiger partial charge in [-0.25, -0.2) is 4.79 Å². The van der Waals surface area contributed by atoms with Gasteiger partial charge in [0.25, 0.3) is 0 Å². The first-order chi connectivity index (χ1) is 11.5. The Bertz CT molecular complexity index is 535. The van der Waals surface area contributed by atoms with Gasteiger partial charge in [0, 0.05) is 6.42 Å². The molecule has 0 aromatic carbocycles. The number of hydrogen-bond donors (Lipinski definition) is 7. The van der Waals surface area contributed by atoms with E-state index in [1.165, 1.54) is 0 Å². The predicted molar refractivity (Wildman–Crippen MR) is 80.3 cm³/mol. The maximum atomic E-state index is 12.1. The average molecular weight is 363 g/mol. The van der Waals surface area contributed by atoms with Gasteiger partial charge in [-0.1, -0.05) is 0 Å². The molecule has 0 bridgehead atoms. The highest BCUT2D eigenvalue weighted by atomic mass is 16.4. The summed E-state index contributed by atoms with van der Waals surface area (Å²) >= 11 is 0. The zero-order valence-electron chi connectivity index (χ0n) is 13.3. The molecule has 142 valence electrons. The number of hydrogen-bond acceptors (Lipinski definition) is 7. The first kappa shape index (κ1) is 22.3. The van der Waals surface area contributed by atoms with Crippen molar-refractivity contribution in [2.45, 2.75) is 50.4 Å². The molecule has 2 amide bonds. The first-order valence-corrected chi connectivity index (χ1v) is 7.16. The molecular weight excluding hydrogens is 342 g/mol. The number of carboxylic acids is 3. The van der Waals surface area contributed by atoms with Crippen molar-refractivity contribution in [3.8, 4) is 0 Å².